The van der Waals surface area contributed by atoms with Crippen LogP contribution < -0.4 is 10.1 Å². The molecule has 1 amide bonds. The van der Waals surface area contributed by atoms with Crippen molar-refractivity contribution in [1.82, 2.24) is 0 Å². The Kier molecular flexibility index (Phi) is 4.26. The molecule has 0 aliphatic rings. The predicted octanol–water partition coefficient (Wildman–Crippen LogP) is 4.51. The van der Waals surface area contributed by atoms with E-state index in [-0.39, 0.29) is 12.5 Å². The van der Waals surface area contributed by atoms with Crippen molar-refractivity contribution in [2.75, 3.05) is 11.9 Å². The smallest absolute Gasteiger partial charge is 0.262 e. The number of benzene rings is 3. The van der Waals surface area contributed by atoms with Gasteiger partial charge in [0.25, 0.3) is 5.91 Å². The molecule has 3 aromatic carbocycles. The molecule has 3 aromatic rings. The molecule has 110 valence electrons. The van der Waals surface area contributed by atoms with Gasteiger partial charge in [0.05, 0.1) is 10.7 Å². The second-order valence-electron chi connectivity index (χ2n) is 4.83. The van der Waals surface area contributed by atoms with E-state index in [9.17, 15) is 4.79 Å². The number of ether oxygens (including phenoxy) is 1. The molecule has 1 N–H and O–H groups in total. The van der Waals surface area contributed by atoms with Gasteiger partial charge in [0.2, 0.25) is 0 Å². The summed E-state index contributed by atoms with van der Waals surface area (Å²) >= 11 is 6.00. The number of para-hydroxylation sites is 1. The number of hydrogen-bond donors (Lipinski definition) is 1. The van der Waals surface area contributed by atoms with Crippen LogP contribution in [0, 0.1) is 0 Å². The van der Waals surface area contributed by atoms with Crippen LogP contribution in [0.5, 0.6) is 5.75 Å². The molecule has 0 aliphatic heterocycles. The molecule has 22 heavy (non-hydrogen) atoms. The zero-order valence-corrected chi connectivity index (χ0v) is 12.5. The van der Waals surface area contributed by atoms with Gasteiger partial charge in [-0.05, 0) is 35.0 Å². The molecule has 4 heteroatoms. The molecule has 3 rings (SSSR count). The molecule has 0 aliphatic carbocycles. The summed E-state index contributed by atoms with van der Waals surface area (Å²) in [6.07, 6.45) is 0. The van der Waals surface area contributed by atoms with Crippen molar-refractivity contribution in [2.24, 2.45) is 0 Å². The fourth-order valence-corrected chi connectivity index (χ4v) is 2.34. The summed E-state index contributed by atoms with van der Waals surface area (Å²) in [6.45, 7) is -0.0659. The number of nitrogens with one attached hydrogen (secondary N) is 1. The predicted molar refractivity (Wildman–Crippen MR) is 89.5 cm³/mol. The lowest BCUT2D eigenvalue weighted by atomic mass is 10.1. The van der Waals surface area contributed by atoms with E-state index >= 15 is 0 Å². The molecule has 0 spiro atoms. The van der Waals surface area contributed by atoms with Gasteiger partial charge in [-0.25, -0.2) is 0 Å². The molecule has 0 radical (unpaired) electrons. The normalized spacial score (nSPS) is 10.4. The maximum Gasteiger partial charge on any atom is 0.262 e. The number of halogens is 1. The lowest BCUT2D eigenvalue weighted by molar-refractivity contribution is -0.118. The summed E-state index contributed by atoms with van der Waals surface area (Å²) in [7, 11) is 0. The summed E-state index contributed by atoms with van der Waals surface area (Å²) in [5, 5.41) is 5.43. The van der Waals surface area contributed by atoms with E-state index in [1.54, 1.807) is 12.1 Å². The van der Waals surface area contributed by atoms with Gasteiger partial charge in [-0.1, -0.05) is 54.1 Å². The van der Waals surface area contributed by atoms with Crippen molar-refractivity contribution in [3.8, 4) is 5.75 Å². The molecule has 0 heterocycles. The number of hydrogen-bond acceptors (Lipinski definition) is 2. The number of carbonyl (C=O) groups excluding carboxylic acids is 1. The third kappa shape index (κ3) is 3.38. The summed E-state index contributed by atoms with van der Waals surface area (Å²) < 4.78 is 5.53. The molecule has 0 unspecified atom stereocenters. The third-order valence-electron chi connectivity index (χ3n) is 3.24. The summed E-state index contributed by atoms with van der Waals surface area (Å²) in [5.74, 6) is 0.411. The second-order valence-corrected chi connectivity index (χ2v) is 5.23. The lowest BCUT2D eigenvalue weighted by Crippen LogP contribution is -2.20. The van der Waals surface area contributed by atoms with Crippen molar-refractivity contribution in [1.29, 1.82) is 0 Å². The van der Waals surface area contributed by atoms with E-state index in [0.717, 1.165) is 10.8 Å². The molecular weight excluding hydrogens is 298 g/mol. The highest BCUT2D eigenvalue weighted by molar-refractivity contribution is 6.33. The van der Waals surface area contributed by atoms with Gasteiger partial charge in [0, 0.05) is 0 Å². The molecule has 0 saturated heterocycles. The number of anilines is 1. The average Bonchev–Trinajstić information content (AvgIpc) is 2.55. The molecule has 3 nitrogen and oxygen atoms in total. The molecule has 0 saturated carbocycles. The van der Waals surface area contributed by atoms with E-state index in [2.05, 4.69) is 5.32 Å². The quantitative estimate of drug-likeness (QED) is 0.770. The first-order valence-electron chi connectivity index (χ1n) is 6.88. The van der Waals surface area contributed by atoms with Gasteiger partial charge in [-0.2, -0.15) is 0 Å². The zero-order chi connectivity index (χ0) is 15.4. The Bertz CT molecular complexity index is 817. The minimum atomic E-state index is -0.249. The fraction of sp³-hybridized carbons (Fsp3) is 0.0556. The van der Waals surface area contributed by atoms with Gasteiger partial charge in [0.15, 0.2) is 6.61 Å². The van der Waals surface area contributed by atoms with Crippen molar-refractivity contribution in [3.63, 3.8) is 0 Å². The minimum Gasteiger partial charge on any atom is -0.484 e. The average molecular weight is 312 g/mol. The number of carbonyl (C=O) groups is 1. The van der Waals surface area contributed by atoms with Gasteiger partial charge in [-0.15, -0.1) is 0 Å². The molecule has 0 aromatic heterocycles. The standard InChI is InChI=1S/C18H14ClNO2/c19-16-7-3-4-8-17(16)20-18(21)12-22-15-10-9-13-5-1-2-6-14(13)11-15/h1-11H,12H2,(H,20,21). The Hall–Kier alpha value is -2.52. The van der Waals surface area contributed by atoms with Crippen LogP contribution in [0.3, 0.4) is 0 Å². The van der Waals surface area contributed by atoms with Gasteiger partial charge in [-0.3, -0.25) is 4.79 Å². The maximum atomic E-state index is 11.9. The van der Waals surface area contributed by atoms with Crippen LogP contribution in [0.25, 0.3) is 10.8 Å². The molecule has 0 fully saturated rings. The van der Waals surface area contributed by atoms with Crippen LogP contribution >= 0.6 is 11.6 Å². The van der Waals surface area contributed by atoms with Crippen LogP contribution in [-0.4, -0.2) is 12.5 Å². The Morgan fingerprint density at radius 2 is 1.68 bits per heavy atom. The topological polar surface area (TPSA) is 38.3 Å². The summed E-state index contributed by atoms with van der Waals surface area (Å²) in [4.78, 5) is 11.9. The number of rotatable bonds is 4. The van der Waals surface area contributed by atoms with Crippen LogP contribution in [0.2, 0.25) is 5.02 Å². The first-order chi connectivity index (χ1) is 10.7. The van der Waals surface area contributed by atoms with Crippen LogP contribution in [0.15, 0.2) is 66.7 Å². The highest BCUT2D eigenvalue weighted by Gasteiger charge is 2.06. The third-order valence-corrected chi connectivity index (χ3v) is 3.57. The maximum absolute atomic E-state index is 11.9. The van der Waals surface area contributed by atoms with Crippen molar-refractivity contribution in [2.45, 2.75) is 0 Å². The van der Waals surface area contributed by atoms with Gasteiger partial charge >= 0.3 is 0 Å². The van der Waals surface area contributed by atoms with E-state index < -0.39 is 0 Å². The summed E-state index contributed by atoms with van der Waals surface area (Å²) in [5.41, 5.74) is 0.580. The Morgan fingerprint density at radius 3 is 2.50 bits per heavy atom. The molecule has 0 bridgehead atoms. The van der Waals surface area contributed by atoms with Gasteiger partial charge in [0.1, 0.15) is 5.75 Å². The minimum absolute atomic E-state index is 0.0659. The van der Waals surface area contributed by atoms with Gasteiger partial charge < -0.3 is 10.1 Å². The first-order valence-corrected chi connectivity index (χ1v) is 7.26. The number of amides is 1. The van der Waals surface area contributed by atoms with Crippen molar-refractivity contribution >= 4 is 34.0 Å². The SMILES string of the molecule is O=C(COc1ccc2ccccc2c1)Nc1ccccc1Cl. The molecule has 0 atom stereocenters. The van der Waals surface area contributed by atoms with E-state index in [4.69, 9.17) is 16.3 Å². The fourth-order valence-electron chi connectivity index (χ4n) is 2.15. The first kappa shape index (κ1) is 14.4. The Labute approximate surface area is 133 Å². The molecular formula is C18H14ClNO2. The van der Waals surface area contributed by atoms with Crippen LogP contribution in [-0.2, 0) is 4.79 Å². The van der Waals surface area contributed by atoms with E-state index in [0.29, 0.717) is 16.5 Å². The Morgan fingerprint density at radius 1 is 0.955 bits per heavy atom. The van der Waals surface area contributed by atoms with E-state index in [1.165, 1.54) is 0 Å². The van der Waals surface area contributed by atoms with E-state index in [1.807, 2.05) is 54.6 Å². The van der Waals surface area contributed by atoms with Crippen molar-refractivity contribution in [3.05, 3.63) is 71.8 Å². The Balaban J connectivity index is 1.63. The van der Waals surface area contributed by atoms with Crippen molar-refractivity contribution < 1.29 is 9.53 Å². The van der Waals surface area contributed by atoms with Crippen LogP contribution in [0.4, 0.5) is 5.69 Å². The largest absolute Gasteiger partial charge is 0.484 e. The monoisotopic (exact) mass is 311 g/mol. The highest BCUT2D eigenvalue weighted by Crippen LogP contribution is 2.22. The van der Waals surface area contributed by atoms with Crippen LogP contribution in [0.1, 0.15) is 0 Å². The zero-order valence-electron chi connectivity index (χ0n) is 11.8. The second kappa shape index (κ2) is 6.50. The highest BCUT2D eigenvalue weighted by atomic mass is 35.5. The number of fused-ring (bicyclic) bond motifs is 1. The lowest BCUT2D eigenvalue weighted by Gasteiger charge is -2.09. The summed E-state index contributed by atoms with van der Waals surface area (Å²) in [6, 6.07) is 20.8.